The van der Waals surface area contributed by atoms with Crippen molar-refractivity contribution in [1.29, 1.82) is 0 Å². The van der Waals surface area contributed by atoms with Crippen LogP contribution in [0.4, 0.5) is 0 Å². The standard InChI is InChI=1S/C18H30/c1-10-9-16-14(5)18(7,8)15(6)17(16)13(4)12(3)11(10)2/h10-13H,9H2,1-8H3. The summed E-state index contributed by atoms with van der Waals surface area (Å²) in [5.41, 5.74) is 6.97. The van der Waals surface area contributed by atoms with E-state index < -0.39 is 0 Å². The van der Waals surface area contributed by atoms with Crippen molar-refractivity contribution in [3.63, 3.8) is 0 Å². The average Bonchev–Trinajstić information content (AvgIpc) is 2.42. The molecule has 0 heterocycles. The molecule has 4 unspecified atom stereocenters. The largest absolute Gasteiger partial charge is 0.0620 e. The van der Waals surface area contributed by atoms with Gasteiger partial charge in [-0.1, -0.05) is 52.7 Å². The molecular weight excluding hydrogens is 216 g/mol. The molecule has 0 aromatic heterocycles. The monoisotopic (exact) mass is 246 g/mol. The highest BCUT2D eigenvalue weighted by molar-refractivity contribution is 5.53. The SMILES string of the molecule is CC1=C2CC(C)C(C)C(C)C(C)C2=C(C)C1(C)C. The molecule has 0 aromatic rings. The summed E-state index contributed by atoms with van der Waals surface area (Å²) in [4.78, 5) is 0. The Labute approximate surface area is 114 Å². The second-order valence-corrected chi connectivity index (χ2v) is 7.46. The zero-order valence-electron chi connectivity index (χ0n) is 13.5. The zero-order valence-corrected chi connectivity index (χ0v) is 13.5. The van der Waals surface area contributed by atoms with Crippen LogP contribution in [-0.4, -0.2) is 0 Å². The van der Waals surface area contributed by atoms with E-state index in [1.165, 1.54) is 6.42 Å². The van der Waals surface area contributed by atoms with Gasteiger partial charge in [-0.05, 0) is 55.1 Å². The lowest BCUT2D eigenvalue weighted by Crippen LogP contribution is -2.21. The average molecular weight is 246 g/mol. The molecule has 2 rings (SSSR count). The van der Waals surface area contributed by atoms with Gasteiger partial charge in [0, 0.05) is 5.41 Å². The fourth-order valence-electron chi connectivity index (χ4n) is 4.05. The first-order valence-electron chi connectivity index (χ1n) is 7.61. The topological polar surface area (TPSA) is 0 Å². The summed E-state index contributed by atoms with van der Waals surface area (Å²) >= 11 is 0. The van der Waals surface area contributed by atoms with Gasteiger partial charge in [0.05, 0.1) is 0 Å². The van der Waals surface area contributed by atoms with E-state index in [0.29, 0.717) is 5.41 Å². The van der Waals surface area contributed by atoms with Crippen LogP contribution in [0.5, 0.6) is 0 Å². The molecule has 4 atom stereocenters. The molecule has 0 N–H and O–H groups in total. The Bertz CT molecular complexity index is 419. The van der Waals surface area contributed by atoms with E-state index in [9.17, 15) is 0 Å². The maximum atomic E-state index is 2.45. The van der Waals surface area contributed by atoms with Gasteiger partial charge < -0.3 is 0 Å². The van der Waals surface area contributed by atoms with E-state index in [1.807, 2.05) is 0 Å². The van der Waals surface area contributed by atoms with Gasteiger partial charge in [-0.3, -0.25) is 0 Å². The van der Waals surface area contributed by atoms with Crippen molar-refractivity contribution < 1.29 is 0 Å². The molecule has 0 nitrogen and oxygen atoms in total. The van der Waals surface area contributed by atoms with Gasteiger partial charge in [-0.2, -0.15) is 0 Å². The molecule has 0 aliphatic heterocycles. The molecule has 0 bridgehead atoms. The molecular formula is C18H30. The smallest absolute Gasteiger partial charge is 0.00704 e. The normalized spacial score (nSPS) is 40.0. The number of allylic oxidation sites excluding steroid dienone is 4. The maximum absolute atomic E-state index is 2.45. The summed E-state index contributed by atoms with van der Waals surface area (Å²) in [5, 5.41) is 0. The van der Waals surface area contributed by atoms with Gasteiger partial charge in [-0.25, -0.2) is 0 Å². The Kier molecular flexibility index (Phi) is 3.28. The molecule has 18 heavy (non-hydrogen) atoms. The maximum Gasteiger partial charge on any atom is 0.00704 e. The molecule has 0 radical (unpaired) electrons. The van der Waals surface area contributed by atoms with Crippen LogP contribution >= 0.6 is 0 Å². The van der Waals surface area contributed by atoms with Crippen LogP contribution in [-0.2, 0) is 0 Å². The Hall–Kier alpha value is -0.520. The Morgan fingerprint density at radius 3 is 2.00 bits per heavy atom. The first-order valence-corrected chi connectivity index (χ1v) is 7.61. The molecule has 2 aliphatic rings. The summed E-state index contributed by atoms with van der Waals surface area (Å²) < 4.78 is 0. The third-order valence-electron chi connectivity index (χ3n) is 6.55. The second kappa shape index (κ2) is 4.25. The van der Waals surface area contributed by atoms with Crippen LogP contribution in [0.15, 0.2) is 22.3 Å². The minimum atomic E-state index is 0.291. The Balaban J connectivity index is 2.59. The summed E-state index contributed by atoms with van der Waals surface area (Å²) in [5.74, 6) is 3.15. The quantitative estimate of drug-likeness (QED) is 0.521. The van der Waals surface area contributed by atoms with Crippen molar-refractivity contribution in [2.75, 3.05) is 0 Å². The lowest BCUT2D eigenvalue weighted by Gasteiger charge is -2.29. The van der Waals surface area contributed by atoms with Gasteiger partial charge in [-0.15, -0.1) is 0 Å². The molecule has 2 aliphatic carbocycles. The number of hydrogen-bond donors (Lipinski definition) is 0. The molecule has 0 saturated heterocycles. The predicted octanol–water partition coefficient (Wildman–Crippen LogP) is 5.61. The second-order valence-electron chi connectivity index (χ2n) is 7.46. The molecule has 0 amide bonds. The first kappa shape index (κ1) is 13.9. The van der Waals surface area contributed by atoms with Crippen molar-refractivity contribution in [3.05, 3.63) is 22.3 Å². The number of fused-ring (bicyclic) bond motifs is 1. The lowest BCUT2D eigenvalue weighted by molar-refractivity contribution is 0.247. The van der Waals surface area contributed by atoms with E-state index in [1.54, 1.807) is 22.3 Å². The molecule has 0 spiro atoms. The highest BCUT2D eigenvalue weighted by atomic mass is 14.5. The Morgan fingerprint density at radius 1 is 0.889 bits per heavy atom. The summed E-state index contributed by atoms with van der Waals surface area (Å²) in [6, 6.07) is 0. The fraction of sp³-hybridized carbons (Fsp3) is 0.778. The van der Waals surface area contributed by atoms with Crippen molar-refractivity contribution in [2.45, 2.75) is 61.8 Å². The van der Waals surface area contributed by atoms with Gasteiger partial charge in [0.25, 0.3) is 0 Å². The van der Waals surface area contributed by atoms with Gasteiger partial charge in [0.1, 0.15) is 0 Å². The van der Waals surface area contributed by atoms with Gasteiger partial charge >= 0.3 is 0 Å². The third-order valence-corrected chi connectivity index (χ3v) is 6.55. The molecule has 102 valence electrons. The van der Waals surface area contributed by atoms with E-state index in [-0.39, 0.29) is 0 Å². The minimum absolute atomic E-state index is 0.291. The first-order chi connectivity index (χ1) is 8.19. The summed E-state index contributed by atoms with van der Waals surface area (Å²) in [6.07, 6.45) is 1.29. The molecule has 1 saturated carbocycles. The Morgan fingerprint density at radius 2 is 1.44 bits per heavy atom. The van der Waals surface area contributed by atoms with Crippen LogP contribution in [0.1, 0.15) is 61.8 Å². The summed E-state index contributed by atoms with van der Waals surface area (Å²) in [6.45, 7) is 19.3. The highest BCUT2D eigenvalue weighted by Gasteiger charge is 2.41. The molecule has 1 fully saturated rings. The minimum Gasteiger partial charge on any atom is -0.0620 e. The van der Waals surface area contributed by atoms with Crippen LogP contribution in [0.25, 0.3) is 0 Å². The predicted molar refractivity (Wildman–Crippen MR) is 80.5 cm³/mol. The fourth-order valence-corrected chi connectivity index (χ4v) is 4.05. The summed E-state index contributed by atoms with van der Waals surface area (Å²) in [7, 11) is 0. The van der Waals surface area contributed by atoms with Crippen LogP contribution in [0.3, 0.4) is 0 Å². The van der Waals surface area contributed by atoms with Crippen LogP contribution < -0.4 is 0 Å². The van der Waals surface area contributed by atoms with Crippen molar-refractivity contribution in [3.8, 4) is 0 Å². The van der Waals surface area contributed by atoms with Crippen molar-refractivity contribution in [2.24, 2.45) is 29.1 Å². The highest BCUT2D eigenvalue weighted by Crippen LogP contribution is 2.54. The van der Waals surface area contributed by atoms with Crippen LogP contribution in [0, 0.1) is 29.1 Å². The third kappa shape index (κ3) is 1.72. The van der Waals surface area contributed by atoms with E-state index in [0.717, 1.165) is 23.7 Å². The number of hydrogen-bond acceptors (Lipinski definition) is 0. The lowest BCUT2D eigenvalue weighted by atomic mass is 9.75. The zero-order chi connectivity index (χ0) is 13.8. The number of rotatable bonds is 0. The van der Waals surface area contributed by atoms with Gasteiger partial charge in [0.2, 0.25) is 0 Å². The van der Waals surface area contributed by atoms with Gasteiger partial charge in [0.15, 0.2) is 0 Å². The molecule has 0 aromatic carbocycles. The molecule has 0 heteroatoms. The van der Waals surface area contributed by atoms with Crippen molar-refractivity contribution >= 4 is 0 Å². The van der Waals surface area contributed by atoms with E-state index >= 15 is 0 Å². The van der Waals surface area contributed by atoms with E-state index in [2.05, 4.69) is 55.4 Å². The van der Waals surface area contributed by atoms with Crippen LogP contribution in [0.2, 0.25) is 0 Å². The van der Waals surface area contributed by atoms with E-state index in [4.69, 9.17) is 0 Å². The van der Waals surface area contributed by atoms with Crippen molar-refractivity contribution in [1.82, 2.24) is 0 Å².